The molecule has 13 heteroatoms. The first-order valence-corrected chi connectivity index (χ1v) is 16.1. The number of nitrogens with zero attached hydrogens (tertiary/aromatic N) is 2. The molecule has 46 heavy (non-hydrogen) atoms. The van der Waals surface area contributed by atoms with E-state index < -0.39 is 50.8 Å². The van der Waals surface area contributed by atoms with Gasteiger partial charge < -0.3 is 30.5 Å². The molecule has 3 aromatic carbocycles. The zero-order valence-corrected chi connectivity index (χ0v) is 26.5. The Morgan fingerprint density at radius 2 is 1.76 bits per heavy atom. The van der Waals surface area contributed by atoms with Crippen molar-refractivity contribution in [3.05, 3.63) is 83.8 Å². The minimum Gasteiger partial charge on any atom is -0.493 e. The van der Waals surface area contributed by atoms with Gasteiger partial charge in [-0.15, -0.1) is 0 Å². The molecule has 0 bridgehead atoms. The Kier molecular flexibility index (Phi) is 9.06. The lowest BCUT2D eigenvalue weighted by atomic mass is 9.93. The van der Waals surface area contributed by atoms with E-state index in [-0.39, 0.29) is 40.5 Å². The summed E-state index contributed by atoms with van der Waals surface area (Å²) in [4.78, 5) is 32.6. The van der Waals surface area contributed by atoms with Crippen molar-refractivity contribution in [3.8, 4) is 11.5 Å². The van der Waals surface area contributed by atoms with Gasteiger partial charge in [0, 0.05) is 35.4 Å². The number of carboxylic acid groups (broad SMARTS) is 1. The van der Waals surface area contributed by atoms with Crippen LogP contribution in [0.2, 0.25) is 0 Å². The Morgan fingerprint density at radius 1 is 1.07 bits per heavy atom. The van der Waals surface area contributed by atoms with Gasteiger partial charge in [0.1, 0.15) is 17.7 Å². The van der Waals surface area contributed by atoms with Crippen molar-refractivity contribution in [2.75, 3.05) is 31.8 Å². The molecular formula is C33H35FN4O7S. The van der Waals surface area contributed by atoms with Crippen molar-refractivity contribution in [3.63, 3.8) is 0 Å². The van der Waals surface area contributed by atoms with Gasteiger partial charge in [-0.2, -0.15) is 0 Å². The van der Waals surface area contributed by atoms with Crippen molar-refractivity contribution in [2.24, 2.45) is 5.92 Å². The minimum absolute atomic E-state index is 0.0104. The number of benzene rings is 3. The van der Waals surface area contributed by atoms with Gasteiger partial charge in [0.05, 0.1) is 36.3 Å². The fourth-order valence-electron chi connectivity index (χ4n) is 5.91. The number of methoxy groups -OCH3 is 2. The third-order valence-electron chi connectivity index (χ3n) is 8.33. The predicted molar refractivity (Wildman–Crippen MR) is 171 cm³/mol. The summed E-state index contributed by atoms with van der Waals surface area (Å²) >= 11 is 0. The second-order valence-electron chi connectivity index (χ2n) is 11.3. The molecule has 11 nitrogen and oxygen atoms in total. The molecule has 0 radical (unpaired) electrons. The van der Waals surface area contributed by atoms with E-state index in [2.05, 4.69) is 10.3 Å². The smallest absolute Gasteiger partial charge is 0.309 e. The van der Waals surface area contributed by atoms with E-state index in [9.17, 15) is 23.1 Å². The summed E-state index contributed by atoms with van der Waals surface area (Å²) in [7, 11) is -1.13. The number of pyridine rings is 1. The number of hydrogen-bond acceptors (Lipinski definition) is 9. The number of sulfone groups is 1. The highest BCUT2D eigenvalue weighted by molar-refractivity contribution is 7.92. The average Bonchev–Trinajstić information content (AvgIpc) is 3.49. The van der Waals surface area contributed by atoms with Crippen LogP contribution in [0.1, 0.15) is 43.5 Å². The number of nitrogen functional groups attached to an aromatic ring is 1. The maximum atomic E-state index is 15.8. The molecule has 1 saturated heterocycles. The Labute approximate surface area is 266 Å². The van der Waals surface area contributed by atoms with Crippen molar-refractivity contribution in [1.29, 1.82) is 0 Å². The fraction of sp³-hybridized carbons (Fsp3) is 0.303. The quantitative estimate of drug-likeness (QED) is 0.213. The number of anilines is 2. The lowest BCUT2D eigenvalue weighted by Gasteiger charge is -2.33. The van der Waals surface area contributed by atoms with Gasteiger partial charge in [-0.3, -0.25) is 9.59 Å². The summed E-state index contributed by atoms with van der Waals surface area (Å²) < 4.78 is 53.3. The number of rotatable bonds is 10. The summed E-state index contributed by atoms with van der Waals surface area (Å²) in [6, 6.07) is 12.9. The van der Waals surface area contributed by atoms with Crippen LogP contribution in [-0.4, -0.2) is 61.3 Å². The first-order valence-electron chi connectivity index (χ1n) is 14.6. The number of nitrogens with two attached hydrogens (primary N) is 1. The van der Waals surface area contributed by atoms with Gasteiger partial charge in [-0.25, -0.2) is 17.8 Å². The molecule has 0 aliphatic carbocycles. The van der Waals surface area contributed by atoms with Crippen LogP contribution in [0.4, 0.5) is 15.9 Å². The number of carbonyl (C=O) groups excluding carboxylic acids is 1. The summed E-state index contributed by atoms with van der Waals surface area (Å²) in [5.41, 5.74) is 6.57. The van der Waals surface area contributed by atoms with E-state index >= 15 is 4.39 Å². The topological polar surface area (TPSA) is 161 Å². The lowest BCUT2D eigenvalue weighted by molar-refractivity contribution is -0.143. The van der Waals surface area contributed by atoms with Crippen LogP contribution in [0.3, 0.4) is 0 Å². The van der Waals surface area contributed by atoms with Crippen LogP contribution in [0.25, 0.3) is 10.8 Å². The molecule has 4 N–H and O–H groups in total. The highest BCUT2D eigenvalue weighted by atomic mass is 32.2. The molecule has 0 saturated carbocycles. The van der Waals surface area contributed by atoms with Crippen LogP contribution in [0.15, 0.2) is 71.8 Å². The van der Waals surface area contributed by atoms with Crippen LogP contribution >= 0.6 is 0 Å². The van der Waals surface area contributed by atoms with E-state index in [0.29, 0.717) is 22.3 Å². The highest BCUT2D eigenvalue weighted by Gasteiger charge is 2.46. The maximum Gasteiger partial charge on any atom is 0.309 e. The molecule has 1 aliphatic heterocycles. The molecule has 1 amide bonds. The molecule has 1 aromatic heterocycles. The molecule has 242 valence electrons. The van der Waals surface area contributed by atoms with Crippen molar-refractivity contribution in [1.82, 2.24) is 9.88 Å². The number of amides is 1. The standard InChI is InChI=1S/C33H35FN4O7S/c1-18(2)46(42,43)28-8-6-5-7-22(28)30-23(33(40)41)12-14-38(30)32(39)29(24-16-26(44-3)27(45-4)17-25(24)34)37-20-9-10-21-19(15-20)11-13-36-31(21)35/h5-11,13,15-18,23,29-30,37H,12,14H2,1-4H3,(H2,35,36)(H,40,41)/t23-,29-,30-/m0/s1. The maximum absolute atomic E-state index is 15.8. The predicted octanol–water partition coefficient (Wildman–Crippen LogP) is 4.98. The molecular weight excluding hydrogens is 615 g/mol. The molecule has 1 fully saturated rings. The van der Waals surface area contributed by atoms with Gasteiger partial charge in [0.15, 0.2) is 21.3 Å². The van der Waals surface area contributed by atoms with Crippen LogP contribution in [0.5, 0.6) is 11.5 Å². The number of nitrogens with one attached hydrogen (secondary N) is 1. The summed E-state index contributed by atoms with van der Waals surface area (Å²) in [5.74, 6) is -3.12. The molecule has 0 spiro atoms. The number of carbonyl (C=O) groups is 2. The van der Waals surface area contributed by atoms with E-state index in [1.165, 1.54) is 51.2 Å². The summed E-state index contributed by atoms with van der Waals surface area (Å²) in [5, 5.41) is 14.0. The largest absolute Gasteiger partial charge is 0.493 e. The number of aromatic nitrogens is 1. The Morgan fingerprint density at radius 3 is 2.43 bits per heavy atom. The number of hydrogen-bond donors (Lipinski definition) is 3. The van der Waals surface area contributed by atoms with Crippen LogP contribution < -0.4 is 20.5 Å². The van der Waals surface area contributed by atoms with E-state index in [1.54, 1.807) is 42.6 Å². The van der Waals surface area contributed by atoms with Crippen molar-refractivity contribution in [2.45, 2.75) is 42.5 Å². The summed E-state index contributed by atoms with van der Waals surface area (Å²) in [6.45, 7) is 3.06. The second kappa shape index (κ2) is 12.8. The SMILES string of the molecule is COc1cc(F)c([C@H](Nc2ccc3c(N)nccc3c2)C(=O)N2CC[C@H](C(=O)O)[C@@H]2c2ccccc2S(=O)(=O)C(C)C)cc1OC. The molecule has 2 heterocycles. The zero-order chi connectivity index (χ0) is 33.3. The molecule has 4 aromatic rings. The normalized spacial score (nSPS) is 17.2. The molecule has 5 rings (SSSR count). The fourth-order valence-corrected chi connectivity index (χ4v) is 7.20. The van der Waals surface area contributed by atoms with E-state index in [4.69, 9.17) is 15.2 Å². The van der Waals surface area contributed by atoms with Gasteiger partial charge in [0.2, 0.25) is 5.91 Å². The first kappa shape index (κ1) is 32.5. The first-order chi connectivity index (χ1) is 21.9. The molecule has 0 unspecified atom stereocenters. The van der Waals surface area contributed by atoms with Gasteiger partial charge >= 0.3 is 5.97 Å². The van der Waals surface area contributed by atoms with E-state index in [1.807, 2.05) is 0 Å². The lowest BCUT2D eigenvalue weighted by Crippen LogP contribution is -2.40. The Bertz CT molecular complexity index is 1920. The molecule has 3 atom stereocenters. The van der Waals surface area contributed by atoms with Gasteiger partial charge in [0.25, 0.3) is 0 Å². The Balaban J connectivity index is 1.66. The van der Waals surface area contributed by atoms with Gasteiger partial charge in [-0.05, 0) is 67.6 Å². The van der Waals surface area contributed by atoms with Crippen LogP contribution in [-0.2, 0) is 19.4 Å². The second-order valence-corrected chi connectivity index (χ2v) is 13.8. The number of likely N-dealkylation sites (tertiary alicyclic amines) is 1. The number of ether oxygens (including phenoxy) is 2. The number of carboxylic acids is 1. The molecule has 1 aliphatic rings. The summed E-state index contributed by atoms with van der Waals surface area (Å²) in [6.07, 6.45) is 1.60. The third kappa shape index (κ3) is 5.89. The monoisotopic (exact) mass is 650 g/mol. The minimum atomic E-state index is -3.86. The van der Waals surface area contributed by atoms with Crippen LogP contribution in [0, 0.1) is 11.7 Å². The third-order valence-corrected chi connectivity index (χ3v) is 10.6. The number of aliphatic carboxylic acids is 1. The van der Waals surface area contributed by atoms with Gasteiger partial charge in [-0.1, -0.05) is 18.2 Å². The number of halogens is 1. The van der Waals surface area contributed by atoms with Crippen molar-refractivity contribution < 1.29 is 37.0 Å². The van der Waals surface area contributed by atoms with E-state index in [0.717, 1.165) is 6.07 Å². The highest BCUT2D eigenvalue weighted by Crippen LogP contribution is 2.43. The Hall–Kier alpha value is -4.91. The average molecular weight is 651 g/mol. The zero-order valence-electron chi connectivity index (χ0n) is 25.7. The number of fused-ring (bicyclic) bond motifs is 1. The van der Waals surface area contributed by atoms with Crippen molar-refractivity contribution >= 4 is 44.0 Å².